The molecule has 37 heavy (non-hydrogen) atoms. The van der Waals surface area contributed by atoms with E-state index in [1.54, 1.807) is 0 Å². The van der Waals surface area contributed by atoms with E-state index >= 15 is 0 Å². The van der Waals surface area contributed by atoms with Crippen LogP contribution in [0.25, 0.3) is 0 Å². The summed E-state index contributed by atoms with van der Waals surface area (Å²) in [6.07, 6.45) is 1.15. The van der Waals surface area contributed by atoms with Gasteiger partial charge in [0.15, 0.2) is 11.7 Å². The maximum atomic E-state index is 12.9. The highest BCUT2D eigenvalue weighted by Gasteiger charge is 2.97. The number of hydrogen-bond acceptors (Lipinski definition) is 9. The van der Waals surface area contributed by atoms with E-state index in [2.05, 4.69) is 18.4 Å². The van der Waals surface area contributed by atoms with Crippen molar-refractivity contribution >= 4 is 23.9 Å². The maximum Gasteiger partial charge on any atom is 0.303 e. The van der Waals surface area contributed by atoms with E-state index in [4.69, 9.17) is 18.9 Å². The molecule has 0 aromatic carbocycles. The molecule has 3 aliphatic heterocycles. The molecule has 0 aromatic rings. The standard InChI is InChI=1S/C28H35NO8/c1-12-7-26-10-18-21-25(6)8-17(34-13(2)30)9-27(21)22(26)20(35-14(3)31)19(12)23(36-15(4)32)28(26,37-16(5)33)24(27)29(18)11-25/h17-24H,1,7-11H2,2-6H3. The maximum absolute atomic E-state index is 12.9. The molecular weight excluding hydrogens is 478 g/mol. The van der Waals surface area contributed by atoms with Crippen LogP contribution >= 0.6 is 0 Å². The molecule has 0 aromatic heterocycles. The van der Waals surface area contributed by atoms with Crippen molar-refractivity contribution in [3.63, 3.8) is 0 Å². The number of rotatable bonds is 4. The van der Waals surface area contributed by atoms with E-state index in [-0.39, 0.29) is 41.4 Å². The monoisotopic (exact) mass is 513 g/mol. The Bertz CT molecular complexity index is 1180. The number of esters is 4. The number of nitrogens with zero attached hydrogens (tertiary/aromatic N) is 1. The lowest BCUT2D eigenvalue weighted by Crippen LogP contribution is -2.78. The Morgan fingerprint density at radius 3 is 2.19 bits per heavy atom. The Kier molecular flexibility index (Phi) is 4.33. The first-order valence-electron chi connectivity index (χ1n) is 13.5. The van der Waals surface area contributed by atoms with E-state index in [1.807, 2.05) is 0 Å². The van der Waals surface area contributed by atoms with Crippen molar-refractivity contribution in [2.45, 2.75) is 96.3 Å². The highest BCUT2D eigenvalue weighted by Crippen LogP contribution is 2.89. The van der Waals surface area contributed by atoms with Crippen molar-refractivity contribution in [1.29, 1.82) is 0 Å². The number of fused-ring (bicyclic) bond motifs is 1. The average molecular weight is 514 g/mol. The van der Waals surface area contributed by atoms with Gasteiger partial charge in [-0.3, -0.25) is 24.1 Å². The summed E-state index contributed by atoms with van der Waals surface area (Å²) in [5.74, 6) is -1.90. The van der Waals surface area contributed by atoms with E-state index in [0.717, 1.165) is 25.0 Å². The van der Waals surface area contributed by atoms with Crippen molar-refractivity contribution in [3.8, 4) is 0 Å². The first kappa shape index (κ1) is 23.7. The van der Waals surface area contributed by atoms with Crippen LogP contribution in [0.3, 0.4) is 0 Å². The molecule has 3 heterocycles. The third-order valence-corrected chi connectivity index (χ3v) is 11.4. The molecule has 9 aliphatic rings. The summed E-state index contributed by atoms with van der Waals surface area (Å²) in [5.41, 5.74) is -1.30. The normalized spacial score (nSPS) is 54.7. The van der Waals surface area contributed by atoms with Crippen LogP contribution in [0.15, 0.2) is 12.2 Å². The Labute approximate surface area is 216 Å². The molecule has 9 heteroatoms. The predicted octanol–water partition coefficient (Wildman–Crippen LogP) is 2.16. The molecule has 9 rings (SSSR count). The third-order valence-electron chi connectivity index (χ3n) is 11.4. The van der Waals surface area contributed by atoms with Gasteiger partial charge in [0, 0.05) is 57.0 Å². The van der Waals surface area contributed by atoms with E-state index < -0.39 is 52.5 Å². The van der Waals surface area contributed by atoms with Gasteiger partial charge < -0.3 is 18.9 Å². The fraction of sp³-hybridized carbons (Fsp3) is 0.786. The predicted molar refractivity (Wildman–Crippen MR) is 126 cm³/mol. The third kappa shape index (κ3) is 2.38. The van der Waals surface area contributed by atoms with Gasteiger partial charge in [-0.05, 0) is 37.0 Å². The smallest absolute Gasteiger partial charge is 0.303 e. The first-order valence-corrected chi connectivity index (χ1v) is 13.5. The lowest BCUT2D eigenvalue weighted by atomic mass is 9.39. The lowest BCUT2D eigenvalue weighted by Gasteiger charge is -2.68. The van der Waals surface area contributed by atoms with Crippen LogP contribution in [0.5, 0.6) is 0 Å². The second-order valence-electron chi connectivity index (χ2n) is 13.2. The van der Waals surface area contributed by atoms with Gasteiger partial charge in [0.1, 0.15) is 12.2 Å². The zero-order valence-electron chi connectivity index (χ0n) is 22.1. The summed E-state index contributed by atoms with van der Waals surface area (Å²) in [6.45, 7) is 13.1. The Hall–Kier alpha value is -2.42. The second-order valence-corrected chi connectivity index (χ2v) is 13.2. The van der Waals surface area contributed by atoms with Crippen molar-refractivity contribution in [3.05, 3.63) is 12.2 Å². The number of hydrogen-bond donors (Lipinski definition) is 0. The summed E-state index contributed by atoms with van der Waals surface area (Å²) < 4.78 is 24.7. The number of ether oxygens (including phenoxy) is 4. The van der Waals surface area contributed by atoms with Crippen LogP contribution in [0.2, 0.25) is 0 Å². The van der Waals surface area contributed by atoms with E-state index in [9.17, 15) is 19.2 Å². The van der Waals surface area contributed by atoms with Gasteiger partial charge in [-0.1, -0.05) is 19.1 Å². The summed E-state index contributed by atoms with van der Waals surface area (Å²) in [5, 5.41) is 0. The van der Waals surface area contributed by atoms with Gasteiger partial charge in [-0.15, -0.1) is 0 Å². The summed E-state index contributed by atoms with van der Waals surface area (Å²) in [4.78, 5) is 52.7. The van der Waals surface area contributed by atoms with Crippen LogP contribution in [-0.4, -0.2) is 71.3 Å². The molecular formula is C28H35NO8. The Morgan fingerprint density at radius 1 is 0.892 bits per heavy atom. The molecule has 3 saturated heterocycles. The van der Waals surface area contributed by atoms with Crippen LogP contribution < -0.4 is 0 Å². The zero-order valence-corrected chi connectivity index (χ0v) is 22.1. The molecule has 13 atom stereocenters. The van der Waals surface area contributed by atoms with E-state index in [0.29, 0.717) is 12.8 Å². The second kappa shape index (κ2) is 6.77. The average Bonchev–Trinajstić information content (AvgIpc) is 3.15. The molecule has 200 valence electrons. The number of carbonyl (C=O) groups is 4. The highest BCUT2D eigenvalue weighted by molar-refractivity contribution is 5.71. The molecule has 9 bridgehead atoms. The number of piperidine rings is 2. The topological polar surface area (TPSA) is 108 Å². The van der Waals surface area contributed by atoms with Gasteiger partial charge >= 0.3 is 23.9 Å². The van der Waals surface area contributed by atoms with Crippen molar-refractivity contribution < 1.29 is 38.1 Å². The van der Waals surface area contributed by atoms with Crippen molar-refractivity contribution in [2.75, 3.05) is 6.54 Å². The minimum Gasteiger partial charge on any atom is -0.463 e. The minimum absolute atomic E-state index is 0.0933. The first-order chi connectivity index (χ1) is 17.3. The quantitative estimate of drug-likeness (QED) is 0.317. The summed E-state index contributed by atoms with van der Waals surface area (Å²) >= 11 is 0. The molecule has 9 fully saturated rings. The molecule has 0 N–H and O–H groups in total. The number of carbonyl (C=O) groups excluding carboxylic acids is 4. The molecule has 13 unspecified atom stereocenters. The molecule has 6 aliphatic carbocycles. The van der Waals surface area contributed by atoms with Crippen LogP contribution in [0.1, 0.15) is 60.3 Å². The van der Waals surface area contributed by atoms with Crippen LogP contribution in [0, 0.1) is 34.0 Å². The summed E-state index contributed by atoms with van der Waals surface area (Å²) in [7, 11) is 0. The van der Waals surface area contributed by atoms with Crippen molar-refractivity contribution in [2.24, 2.45) is 34.0 Å². The van der Waals surface area contributed by atoms with Crippen LogP contribution in [-0.2, 0) is 38.1 Å². The van der Waals surface area contributed by atoms with Gasteiger partial charge in [0.05, 0.1) is 12.0 Å². The Morgan fingerprint density at radius 2 is 1.57 bits per heavy atom. The van der Waals surface area contributed by atoms with Crippen molar-refractivity contribution in [1.82, 2.24) is 4.90 Å². The molecule has 0 amide bonds. The highest BCUT2D eigenvalue weighted by atomic mass is 16.6. The SMILES string of the molecule is C=C1CC23CC4C5C6(C)CC(OC(C)=O)CC57C2C(OC(C)=O)C1C(OC(C)=O)C3(OC(C)=O)C7N4C6. The lowest BCUT2D eigenvalue weighted by molar-refractivity contribution is -0.292. The van der Waals surface area contributed by atoms with E-state index in [1.165, 1.54) is 27.7 Å². The zero-order chi connectivity index (χ0) is 26.4. The molecule has 9 nitrogen and oxygen atoms in total. The minimum atomic E-state index is -1.08. The molecule has 6 saturated carbocycles. The molecule has 0 radical (unpaired) electrons. The molecule has 2 spiro atoms. The Balaban J connectivity index is 1.51. The van der Waals surface area contributed by atoms with Gasteiger partial charge in [-0.25, -0.2) is 0 Å². The summed E-state index contributed by atoms with van der Waals surface area (Å²) in [6, 6.07) is 0.0659. The fourth-order valence-corrected chi connectivity index (χ4v) is 12.0. The largest absolute Gasteiger partial charge is 0.463 e. The van der Waals surface area contributed by atoms with Crippen LogP contribution in [0.4, 0.5) is 0 Å². The van der Waals surface area contributed by atoms with Gasteiger partial charge in [-0.2, -0.15) is 0 Å². The van der Waals surface area contributed by atoms with Gasteiger partial charge in [0.2, 0.25) is 0 Å². The fourth-order valence-electron chi connectivity index (χ4n) is 12.0. The van der Waals surface area contributed by atoms with Gasteiger partial charge in [0.25, 0.3) is 0 Å².